The molecular formula is C59H92N12O15S. The minimum absolute atomic E-state index is 0.267. The van der Waals surface area contributed by atoms with Gasteiger partial charge >= 0.3 is 5.97 Å². The number of hydrogen-bond acceptors (Lipinski definition) is 17. The van der Waals surface area contributed by atoms with Crippen LogP contribution in [0.5, 0.6) is 0 Å². The Balaban J connectivity index is 1.49. The molecule has 0 unspecified atom stereocenters. The van der Waals surface area contributed by atoms with Crippen molar-refractivity contribution in [1.82, 2.24) is 58.5 Å². The lowest BCUT2D eigenvalue weighted by atomic mass is 9.94. The van der Waals surface area contributed by atoms with E-state index in [2.05, 4.69) is 58.5 Å². The van der Waals surface area contributed by atoms with Crippen molar-refractivity contribution in [2.45, 2.75) is 206 Å². The Hall–Kier alpha value is -7.30. The van der Waals surface area contributed by atoms with Crippen molar-refractivity contribution in [2.24, 2.45) is 29.4 Å². The first-order valence-corrected chi connectivity index (χ1v) is 30.9. The normalized spacial score (nSPS) is 21.6. The van der Waals surface area contributed by atoms with E-state index in [4.69, 9.17) is 10.5 Å². The van der Waals surface area contributed by atoms with Crippen molar-refractivity contribution >= 4 is 92.4 Å². The number of benzene rings is 1. The van der Waals surface area contributed by atoms with E-state index in [0.29, 0.717) is 25.7 Å². The SMILES string of the molecule is CC[C@H](C)[C@H](NC(=O)[C@@H](CCc1csc2ccccc12)NC)C(=O)N[C@@H](CO)C(=O)N[C@H](CCC(N)=O)C(=O)N[C@@H](C(=O)N[C@H](C(=O)N[C@@H](CO)C(=O)N[C@H]1C(=O)N[C@@H](C)C(=O)NC2(CC2)C(=O)N[C@@H]([C@@H](C)CC)C(=O)O[C@H]1C)[C@@H](C)CC)[C@@H](C)CC. The Kier molecular flexibility index (Phi) is 28.0. The molecule has 15 N–H and O–H groups in total. The predicted octanol–water partition coefficient (Wildman–Crippen LogP) is -1.17. The van der Waals surface area contributed by atoms with Gasteiger partial charge in [-0.1, -0.05) is 99.3 Å². The summed E-state index contributed by atoms with van der Waals surface area (Å²) >= 11 is 1.60. The van der Waals surface area contributed by atoms with Crippen molar-refractivity contribution in [1.29, 1.82) is 0 Å². The van der Waals surface area contributed by atoms with E-state index >= 15 is 0 Å². The van der Waals surface area contributed by atoms with Gasteiger partial charge in [0.25, 0.3) is 0 Å². The second-order valence-electron chi connectivity index (χ2n) is 23.1. The number of rotatable bonds is 31. The number of likely N-dealkylation sites (N-methyl/N-ethyl adjacent to an activating group) is 1. The number of aryl methyl sites for hydroxylation is 1. The molecule has 1 aromatic heterocycles. The summed E-state index contributed by atoms with van der Waals surface area (Å²) in [5, 5.41) is 52.8. The molecule has 1 saturated carbocycles. The third-order valence-electron chi connectivity index (χ3n) is 16.7. The van der Waals surface area contributed by atoms with Crippen molar-refractivity contribution in [3.8, 4) is 0 Å². The highest BCUT2D eigenvalue weighted by molar-refractivity contribution is 7.17. The summed E-state index contributed by atoms with van der Waals surface area (Å²) in [6.45, 7) is 14.3. The summed E-state index contributed by atoms with van der Waals surface area (Å²) in [4.78, 5) is 165. The zero-order valence-corrected chi connectivity index (χ0v) is 52.5. The minimum Gasteiger partial charge on any atom is -0.458 e. The number of ether oxygens (including phenoxy) is 1. The summed E-state index contributed by atoms with van der Waals surface area (Å²) in [6, 6.07) is -6.06. The van der Waals surface area contributed by atoms with Crippen LogP contribution in [0.25, 0.3) is 10.1 Å². The highest BCUT2D eigenvalue weighted by atomic mass is 32.1. The standard InChI is InChI=1S/C59H92N12O15S/c1-12-29(5)43(66-49(76)37(61-11)21-20-35-28-87-41-19-17-16-18-36(35)41)53(80)64-39(26-72)51(78)63-38(22-23-42(60)74)50(77)67-45(31(7)14-3)55(82)68-44(30(6)13-2)54(81)65-40(27-73)52(79)69-47-34(10)86-57(84)46(32(8)15-4)70-58(85)59(24-25-59)71-48(75)33(9)62-56(47)83/h16-19,28-34,37-40,43-47,61,72-73H,12-15,20-27H2,1-11H3,(H2,60,74)(H,62,83)(H,63,78)(H,64,80)(H,65,81)(H,66,76)(H,67,77)(H,68,82)(H,69,79)(H,70,85)(H,71,75)/t29-,30-,31-,32-,33-,34-,37+,38+,39-,40-,43-,44-,45+,46-,47+/m0/s1. The molecule has 2 fully saturated rings. The molecule has 1 aromatic carbocycles. The second kappa shape index (κ2) is 33.7. The third-order valence-corrected chi connectivity index (χ3v) is 17.7. The number of hydrogen-bond donors (Lipinski definition) is 14. The lowest BCUT2D eigenvalue weighted by Crippen LogP contribution is -2.63. The molecule has 1 spiro atoms. The summed E-state index contributed by atoms with van der Waals surface area (Å²) in [5.41, 5.74) is 5.23. The number of amides is 11. The molecule has 0 bridgehead atoms. The van der Waals surface area contributed by atoms with Crippen LogP contribution in [0.2, 0.25) is 0 Å². The van der Waals surface area contributed by atoms with Crippen LogP contribution in [0, 0.1) is 23.7 Å². The Morgan fingerprint density at radius 2 is 1.15 bits per heavy atom. The zero-order valence-electron chi connectivity index (χ0n) is 51.7. The van der Waals surface area contributed by atoms with E-state index in [1.165, 1.54) is 13.8 Å². The largest absolute Gasteiger partial charge is 0.458 e. The molecular weight excluding hydrogens is 1150 g/mol. The first-order valence-electron chi connectivity index (χ1n) is 30.0. The van der Waals surface area contributed by atoms with E-state index in [0.717, 1.165) is 15.6 Å². The molecule has 27 nitrogen and oxygen atoms in total. The molecule has 2 heterocycles. The average molecular weight is 1240 g/mol. The number of nitrogens with one attached hydrogen (secondary N) is 11. The highest BCUT2D eigenvalue weighted by Crippen LogP contribution is 2.36. The molecule has 2 aromatic rings. The van der Waals surface area contributed by atoms with Crippen LogP contribution >= 0.6 is 11.3 Å². The number of carbonyl (C=O) groups is 12. The van der Waals surface area contributed by atoms with Gasteiger partial charge in [-0.3, -0.25) is 52.7 Å². The third kappa shape index (κ3) is 19.9. The minimum atomic E-state index is -1.80. The molecule has 0 radical (unpaired) electrons. The predicted molar refractivity (Wildman–Crippen MR) is 322 cm³/mol. The summed E-state index contributed by atoms with van der Waals surface area (Å²) in [7, 11) is 1.63. The molecule has 11 amide bonds. The number of aliphatic hydroxyl groups is 2. The van der Waals surface area contributed by atoms with Gasteiger partial charge in [-0.2, -0.15) is 0 Å². The van der Waals surface area contributed by atoms with Gasteiger partial charge in [0.15, 0.2) is 0 Å². The molecule has 1 saturated heterocycles. The zero-order chi connectivity index (χ0) is 65.0. The lowest BCUT2D eigenvalue weighted by Gasteiger charge is -2.31. The van der Waals surface area contributed by atoms with Crippen LogP contribution < -0.4 is 64.2 Å². The number of thiophene rings is 1. The first kappa shape index (κ1) is 72.2. The second-order valence-corrected chi connectivity index (χ2v) is 24.0. The number of esters is 1. The van der Waals surface area contributed by atoms with Gasteiger partial charge in [-0.25, -0.2) is 4.79 Å². The van der Waals surface area contributed by atoms with Crippen LogP contribution in [-0.2, 0) is 68.7 Å². The van der Waals surface area contributed by atoms with Gasteiger partial charge in [0, 0.05) is 11.1 Å². The number of cyclic esters (lactones) is 1. The van der Waals surface area contributed by atoms with Gasteiger partial charge in [-0.05, 0) is 99.1 Å². The maximum absolute atomic E-state index is 14.4. The van der Waals surface area contributed by atoms with E-state index in [9.17, 15) is 67.7 Å². The smallest absolute Gasteiger partial charge is 0.329 e. The molecule has 15 atom stereocenters. The lowest BCUT2D eigenvalue weighted by molar-refractivity contribution is -0.157. The molecule has 2 aliphatic rings. The Morgan fingerprint density at radius 1 is 0.655 bits per heavy atom. The summed E-state index contributed by atoms with van der Waals surface area (Å²) in [5.74, 6) is -12.7. The number of fused-ring (bicyclic) bond motifs is 1. The van der Waals surface area contributed by atoms with E-state index in [1.807, 2.05) is 36.6 Å². The molecule has 87 heavy (non-hydrogen) atoms. The maximum Gasteiger partial charge on any atom is 0.329 e. The molecule has 28 heteroatoms. The van der Waals surface area contributed by atoms with E-state index < -0.39 is 193 Å². The number of aliphatic hydroxyl groups excluding tert-OH is 2. The quantitative estimate of drug-likeness (QED) is 0.0396. The van der Waals surface area contributed by atoms with E-state index in [1.54, 1.807) is 66.9 Å². The van der Waals surface area contributed by atoms with Crippen molar-refractivity contribution in [3.63, 3.8) is 0 Å². The topological polar surface area (TPSA) is 413 Å². The molecule has 4 rings (SSSR count). The van der Waals surface area contributed by atoms with Gasteiger partial charge in [0.1, 0.15) is 66.0 Å². The molecule has 1 aliphatic heterocycles. The van der Waals surface area contributed by atoms with E-state index in [-0.39, 0.29) is 25.7 Å². The fourth-order valence-corrected chi connectivity index (χ4v) is 10.7. The van der Waals surface area contributed by atoms with Crippen LogP contribution in [0.3, 0.4) is 0 Å². The number of carbonyl (C=O) groups excluding carboxylic acids is 12. The maximum atomic E-state index is 14.4. The van der Waals surface area contributed by atoms with Gasteiger partial charge in [-0.15, -0.1) is 11.3 Å². The number of primary amides is 1. The van der Waals surface area contributed by atoms with Crippen LogP contribution in [0.1, 0.15) is 133 Å². The van der Waals surface area contributed by atoms with Crippen LogP contribution in [0.15, 0.2) is 29.6 Å². The number of nitrogens with two attached hydrogens (primary N) is 1. The Morgan fingerprint density at radius 3 is 1.66 bits per heavy atom. The fourth-order valence-electron chi connectivity index (χ4n) is 9.70. The fraction of sp³-hybridized carbons (Fsp3) is 0.661. The van der Waals surface area contributed by atoms with Crippen molar-refractivity contribution in [2.75, 3.05) is 20.3 Å². The average Bonchev–Trinajstić information content (AvgIpc) is 2.15. The highest BCUT2D eigenvalue weighted by Gasteiger charge is 2.53. The monoisotopic (exact) mass is 1240 g/mol. The summed E-state index contributed by atoms with van der Waals surface area (Å²) < 4.78 is 6.80. The van der Waals surface area contributed by atoms with Gasteiger partial charge in [0.05, 0.1) is 19.3 Å². The molecule has 1 aliphatic carbocycles. The van der Waals surface area contributed by atoms with Crippen molar-refractivity contribution < 1.29 is 72.5 Å². The van der Waals surface area contributed by atoms with Gasteiger partial charge in [0.2, 0.25) is 65.0 Å². The summed E-state index contributed by atoms with van der Waals surface area (Å²) in [6.07, 6.45) is 0.633. The molecule has 484 valence electrons. The van der Waals surface area contributed by atoms with Crippen molar-refractivity contribution in [3.05, 3.63) is 35.2 Å². The van der Waals surface area contributed by atoms with Crippen LogP contribution in [-0.4, -0.2) is 173 Å². The Labute approximate surface area is 511 Å². The Bertz CT molecular complexity index is 2780. The first-order chi connectivity index (χ1) is 41.1. The van der Waals surface area contributed by atoms with Gasteiger partial charge < -0.3 is 79.2 Å². The van der Waals surface area contributed by atoms with Crippen LogP contribution in [0.4, 0.5) is 0 Å².